The molecule has 0 radical (unpaired) electrons. The van der Waals surface area contributed by atoms with E-state index in [1.807, 2.05) is 0 Å². The summed E-state index contributed by atoms with van der Waals surface area (Å²) in [5.74, 6) is -0.587. The first-order chi connectivity index (χ1) is 13.8. The Balaban J connectivity index is 1.84. The van der Waals surface area contributed by atoms with E-state index >= 15 is 0 Å². The number of nitrogens with zero attached hydrogens (tertiary/aromatic N) is 1. The average Bonchev–Trinajstić information content (AvgIpc) is 2.72. The molecule has 0 aliphatic rings. The zero-order valence-electron chi connectivity index (χ0n) is 16.9. The fourth-order valence-corrected chi connectivity index (χ4v) is 2.53. The van der Waals surface area contributed by atoms with Crippen molar-refractivity contribution in [1.82, 2.24) is 4.98 Å². The molecule has 2 aromatic rings. The highest BCUT2D eigenvalue weighted by Crippen LogP contribution is 2.29. The number of aromatic nitrogens is 1. The van der Waals surface area contributed by atoms with Gasteiger partial charge in [0.1, 0.15) is 24.2 Å². The van der Waals surface area contributed by atoms with Gasteiger partial charge in [-0.3, -0.25) is 9.59 Å². The summed E-state index contributed by atoms with van der Waals surface area (Å²) in [5, 5.41) is 10.0. The molecule has 0 aliphatic carbocycles. The molecule has 0 amide bonds. The fourth-order valence-electron chi connectivity index (χ4n) is 2.53. The van der Waals surface area contributed by atoms with Crippen molar-refractivity contribution in [2.75, 3.05) is 20.8 Å². The molecule has 1 N–H and O–H groups in total. The van der Waals surface area contributed by atoms with E-state index in [-0.39, 0.29) is 36.3 Å². The monoisotopic (exact) mass is 403 g/mol. The second-order valence-corrected chi connectivity index (χ2v) is 6.47. The number of carbonyl (C=O) groups excluding carboxylic acids is 2. The second-order valence-electron chi connectivity index (χ2n) is 6.47. The van der Waals surface area contributed by atoms with E-state index < -0.39 is 17.7 Å². The molecule has 1 aromatic carbocycles. The first-order valence-electron chi connectivity index (χ1n) is 9.08. The molecule has 8 heteroatoms. The molecule has 2 atom stereocenters. The van der Waals surface area contributed by atoms with Crippen LogP contribution in [0.2, 0.25) is 0 Å². The van der Waals surface area contributed by atoms with Gasteiger partial charge in [-0.25, -0.2) is 4.98 Å². The molecule has 0 unspecified atom stereocenters. The van der Waals surface area contributed by atoms with Gasteiger partial charge < -0.3 is 24.1 Å². The maximum atomic E-state index is 12.4. The third-order valence-corrected chi connectivity index (χ3v) is 4.12. The molecule has 0 bridgehead atoms. The number of hydrogen-bond acceptors (Lipinski definition) is 8. The number of methoxy groups -OCH3 is 2. The molecule has 2 rings (SSSR count). The van der Waals surface area contributed by atoms with E-state index in [0.717, 1.165) is 0 Å². The van der Waals surface area contributed by atoms with E-state index in [2.05, 4.69) is 4.98 Å². The lowest BCUT2D eigenvalue weighted by Crippen LogP contribution is -2.25. The van der Waals surface area contributed by atoms with Gasteiger partial charge in [-0.2, -0.15) is 0 Å². The van der Waals surface area contributed by atoms with Gasteiger partial charge in [0, 0.05) is 18.7 Å². The molecule has 1 aromatic heterocycles. The summed E-state index contributed by atoms with van der Waals surface area (Å²) in [4.78, 5) is 28.4. The second kappa shape index (κ2) is 10.3. The summed E-state index contributed by atoms with van der Waals surface area (Å²) < 4.78 is 21.0. The minimum Gasteiger partial charge on any atom is -0.503 e. The van der Waals surface area contributed by atoms with Gasteiger partial charge in [0.05, 0.1) is 20.1 Å². The van der Waals surface area contributed by atoms with E-state index in [0.29, 0.717) is 11.5 Å². The van der Waals surface area contributed by atoms with Gasteiger partial charge in [0.2, 0.25) is 0 Å². The summed E-state index contributed by atoms with van der Waals surface area (Å²) in [6.45, 7) is 3.38. The van der Waals surface area contributed by atoms with Gasteiger partial charge in [-0.15, -0.1) is 0 Å². The number of esters is 1. The number of aromatic hydroxyl groups is 1. The van der Waals surface area contributed by atoms with Crippen molar-refractivity contribution in [3.05, 3.63) is 42.2 Å². The standard InChI is InChI=1S/C21H25NO7/c1-13(11-17(23)19-20(24)18(27-4)9-10-22-19)21(25)28-12-14(2)29-16-7-5-15(26-3)6-8-16/h5-10,13-14,24H,11-12H2,1-4H3/t13-,14+/m1/s1. The lowest BCUT2D eigenvalue weighted by molar-refractivity contribution is -0.150. The number of ether oxygens (including phenoxy) is 4. The van der Waals surface area contributed by atoms with E-state index in [4.69, 9.17) is 18.9 Å². The predicted molar refractivity (Wildman–Crippen MR) is 105 cm³/mol. The topological polar surface area (TPSA) is 104 Å². The minimum absolute atomic E-state index is 0.0338. The molecular weight excluding hydrogens is 378 g/mol. The first kappa shape index (κ1) is 22.0. The summed E-state index contributed by atoms with van der Waals surface area (Å²) in [6, 6.07) is 8.49. The van der Waals surface area contributed by atoms with Crippen LogP contribution in [0.5, 0.6) is 23.0 Å². The summed E-state index contributed by atoms with van der Waals surface area (Å²) in [7, 11) is 2.95. The van der Waals surface area contributed by atoms with Crippen molar-refractivity contribution in [1.29, 1.82) is 0 Å². The zero-order chi connectivity index (χ0) is 21.4. The Bertz CT molecular complexity index is 835. The van der Waals surface area contributed by atoms with Crippen molar-refractivity contribution in [3.63, 3.8) is 0 Å². The SMILES string of the molecule is COc1ccc(O[C@@H](C)COC(=O)[C@H](C)CC(=O)c2nccc(OC)c2O)cc1. The summed E-state index contributed by atoms with van der Waals surface area (Å²) >= 11 is 0. The Kier molecular flexibility index (Phi) is 7.82. The number of pyridine rings is 1. The molecule has 156 valence electrons. The largest absolute Gasteiger partial charge is 0.503 e. The Labute approximate surface area is 169 Å². The first-order valence-corrected chi connectivity index (χ1v) is 9.08. The maximum Gasteiger partial charge on any atom is 0.309 e. The zero-order valence-corrected chi connectivity index (χ0v) is 16.9. The molecule has 0 saturated heterocycles. The third kappa shape index (κ3) is 6.10. The van der Waals surface area contributed by atoms with Crippen molar-refractivity contribution in [2.45, 2.75) is 26.4 Å². The van der Waals surface area contributed by atoms with Gasteiger partial charge >= 0.3 is 5.97 Å². The van der Waals surface area contributed by atoms with E-state index in [9.17, 15) is 14.7 Å². The summed E-state index contributed by atoms with van der Waals surface area (Å²) in [5.41, 5.74) is -0.139. The van der Waals surface area contributed by atoms with Crippen molar-refractivity contribution >= 4 is 11.8 Å². The van der Waals surface area contributed by atoms with Crippen LogP contribution in [0, 0.1) is 5.92 Å². The Morgan fingerprint density at radius 2 is 1.69 bits per heavy atom. The number of hydrogen-bond donors (Lipinski definition) is 1. The van der Waals surface area contributed by atoms with Crippen LogP contribution in [-0.4, -0.2) is 48.8 Å². The van der Waals surface area contributed by atoms with Crippen molar-refractivity contribution < 1.29 is 33.6 Å². The van der Waals surface area contributed by atoms with Crippen LogP contribution < -0.4 is 14.2 Å². The summed E-state index contributed by atoms with van der Waals surface area (Å²) in [6.07, 6.45) is 0.826. The van der Waals surface area contributed by atoms with Gasteiger partial charge in [-0.05, 0) is 31.2 Å². The third-order valence-electron chi connectivity index (χ3n) is 4.12. The Morgan fingerprint density at radius 3 is 2.31 bits per heavy atom. The number of benzene rings is 1. The van der Waals surface area contributed by atoms with Gasteiger partial charge in [0.25, 0.3) is 0 Å². The Morgan fingerprint density at radius 1 is 1.03 bits per heavy atom. The molecular formula is C21H25NO7. The van der Waals surface area contributed by atoms with E-state index in [1.54, 1.807) is 45.2 Å². The lowest BCUT2D eigenvalue weighted by Gasteiger charge is -2.17. The van der Waals surface area contributed by atoms with Crippen molar-refractivity contribution in [3.8, 4) is 23.0 Å². The van der Waals surface area contributed by atoms with Crippen molar-refractivity contribution in [2.24, 2.45) is 5.92 Å². The van der Waals surface area contributed by atoms with Crippen LogP contribution >= 0.6 is 0 Å². The molecule has 0 fully saturated rings. The predicted octanol–water partition coefficient (Wildman–Crippen LogP) is 3.02. The quantitative estimate of drug-likeness (QED) is 0.477. The van der Waals surface area contributed by atoms with Crippen LogP contribution in [0.15, 0.2) is 36.5 Å². The number of Topliss-reactive ketones (excluding diaryl/α,β-unsaturated/α-hetero) is 1. The molecule has 0 saturated carbocycles. The lowest BCUT2D eigenvalue weighted by atomic mass is 10.0. The smallest absolute Gasteiger partial charge is 0.309 e. The van der Waals surface area contributed by atoms with Crippen LogP contribution in [-0.2, 0) is 9.53 Å². The van der Waals surface area contributed by atoms with Gasteiger partial charge in [0.15, 0.2) is 23.0 Å². The molecule has 1 heterocycles. The number of ketones is 1. The van der Waals surface area contributed by atoms with Crippen LogP contribution in [0.4, 0.5) is 0 Å². The highest BCUT2D eigenvalue weighted by Gasteiger charge is 2.24. The highest BCUT2D eigenvalue weighted by molar-refractivity contribution is 5.99. The maximum absolute atomic E-state index is 12.4. The molecule has 29 heavy (non-hydrogen) atoms. The van der Waals surface area contributed by atoms with Gasteiger partial charge in [-0.1, -0.05) is 6.92 Å². The highest BCUT2D eigenvalue weighted by atomic mass is 16.6. The molecule has 0 spiro atoms. The minimum atomic E-state index is -0.705. The van der Waals surface area contributed by atoms with Crippen LogP contribution in [0.1, 0.15) is 30.8 Å². The number of carbonyl (C=O) groups is 2. The number of rotatable bonds is 10. The normalized spacial score (nSPS) is 12.6. The molecule has 0 aliphatic heterocycles. The Hall–Kier alpha value is -3.29. The molecule has 8 nitrogen and oxygen atoms in total. The van der Waals surface area contributed by atoms with E-state index in [1.165, 1.54) is 19.4 Å². The van der Waals surface area contributed by atoms with Crippen LogP contribution in [0.3, 0.4) is 0 Å². The fraction of sp³-hybridized carbons (Fsp3) is 0.381. The van der Waals surface area contributed by atoms with Crippen LogP contribution in [0.25, 0.3) is 0 Å². The average molecular weight is 403 g/mol.